The van der Waals surface area contributed by atoms with E-state index in [1.807, 2.05) is 30.3 Å². The SMILES string of the molecule is Cc1nc(-c2cccc(Br)c2)ccc1C(=O)Nc1ccc2c(c1)NC(=O)CO2. The molecule has 2 aromatic carbocycles. The molecule has 0 unspecified atom stereocenters. The van der Waals surface area contributed by atoms with Crippen molar-refractivity contribution in [2.45, 2.75) is 6.92 Å². The molecule has 140 valence electrons. The average molecular weight is 438 g/mol. The molecule has 1 aliphatic heterocycles. The molecule has 0 spiro atoms. The number of ether oxygens (including phenoxy) is 1. The molecule has 3 aromatic rings. The molecule has 0 atom stereocenters. The van der Waals surface area contributed by atoms with E-state index in [0.717, 1.165) is 15.7 Å². The van der Waals surface area contributed by atoms with Gasteiger partial charge in [-0.05, 0) is 49.4 Å². The maximum atomic E-state index is 12.7. The smallest absolute Gasteiger partial charge is 0.262 e. The second-order valence-corrected chi connectivity index (χ2v) is 7.26. The maximum absolute atomic E-state index is 12.7. The van der Waals surface area contributed by atoms with Crippen LogP contribution in [0.3, 0.4) is 0 Å². The van der Waals surface area contributed by atoms with Gasteiger partial charge in [0.2, 0.25) is 0 Å². The highest BCUT2D eigenvalue weighted by Crippen LogP contribution is 2.30. The molecule has 0 aliphatic carbocycles. The van der Waals surface area contributed by atoms with E-state index in [9.17, 15) is 9.59 Å². The van der Waals surface area contributed by atoms with Crippen molar-refractivity contribution < 1.29 is 14.3 Å². The summed E-state index contributed by atoms with van der Waals surface area (Å²) in [5.74, 6) is 0.0850. The van der Waals surface area contributed by atoms with Crippen molar-refractivity contribution in [3.05, 3.63) is 70.3 Å². The molecule has 0 saturated heterocycles. The van der Waals surface area contributed by atoms with Crippen LogP contribution in [0.4, 0.5) is 11.4 Å². The van der Waals surface area contributed by atoms with Crippen molar-refractivity contribution in [2.24, 2.45) is 0 Å². The number of rotatable bonds is 3. The Morgan fingerprint density at radius 1 is 1.18 bits per heavy atom. The Kier molecular flexibility index (Phi) is 4.83. The number of nitrogens with one attached hydrogen (secondary N) is 2. The van der Waals surface area contributed by atoms with E-state index in [1.54, 1.807) is 31.2 Å². The van der Waals surface area contributed by atoms with Crippen molar-refractivity contribution in [3.8, 4) is 17.0 Å². The van der Waals surface area contributed by atoms with E-state index >= 15 is 0 Å². The first-order valence-corrected chi connectivity index (χ1v) is 9.40. The van der Waals surface area contributed by atoms with E-state index in [-0.39, 0.29) is 18.4 Å². The summed E-state index contributed by atoms with van der Waals surface area (Å²) in [7, 11) is 0. The molecule has 2 N–H and O–H groups in total. The van der Waals surface area contributed by atoms with Crippen LogP contribution in [0.15, 0.2) is 59.1 Å². The zero-order valence-electron chi connectivity index (χ0n) is 15.0. The molecule has 7 heteroatoms. The Morgan fingerprint density at radius 2 is 2.04 bits per heavy atom. The number of anilines is 2. The van der Waals surface area contributed by atoms with Gasteiger partial charge in [-0.3, -0.25) is 14.6 Å². The summed E-state index contributed by atoms with van der Waals surface area (Å²) >= 11 is 3.46. The number of pyridine rings is 1. The molecule has 2 amide bonds. The first-order valence-electron chi connectivity index (χ1n) is 8.61. The number of nitrogens with zero attached hydrogens (tertiary/aromatic N) is 1. The molecule has 1 aromatic heterocycles. The second kappa shape index (κ2) is 7.44. The molecule has 0 bridgehead atoms. The molecule has 0 fully saturated rings. The van der Waals surface area contributed by atoms with E-state index in [1.165, 1.54) is 0 Å². The number of carbonyl (C=O) groups excluding carboxylic acids is 2. The van der Waals surface area contributed by atoms with Crippen LogP contribution in [0.1, 0.15) is 16.1 Å². The Balaban J connectivity index is 1.55. The molecule has 0 saturated carbocycles. The summed E-state index contributed by atoms with van der Waals surface area (Å²) in [4.78, 5) is 28.7. The Bertz CT molecular complexity index is 1100. The lowest BCUT2D eigenvalue weighted by Gasteiger charge is -2.18. The number of aryl methyl sites for hydroxylation is 1. The minimum Gasteiger partial charge on any atom is -0.482 e. The fourth-order valence-electron chi connectivity index (χ4n) is 2.97. The van der Waals surface area contributed by atoms with Crippen LogP contribution in [0.2, 0.25) is 0 Å². The summed E-state index contributed by atoms with van der Waals surface area (Å²) in [5.41, 5.74) is 3.97. The van der Waals surface area contributed by atoms with Gasteiger partial charge in [-0.15, -0.1) is 0 Å². The third-order valence-electron chi connectivity index (χ3n) is 4.32. The number of aromatic nitrogens is 1. The van der Waals surface area contributed by atoms with Crippen LogP contribution in [0.5, 0.6) is 5.75 Å². The van der Waals surface area contributed by atoms with E-state index < -0.39 is 0 Å². The lowest BCUT2D eigenvalue weighted by molar-refractivity contribution is -0.118. The quantitative estimate of drug-likeness (QED) is 0.635. The van der Waals surface area contributed by atoms with E-state index in [4.69, 9.17) is 4.74 Å². The number of halogens is 1. The normalized spacial score (nSPS) is 12.6. The summed E-state index contributed by atoms with van der Waals surface area (Å²) in [5, 5.41) is 5.56. The number of hydrogen-bond donors (Lipinski definition) is 2. The summed E-state index contributed by atoms with van der Waals surface area (Å²) < 4.78 is 6.29. The second-order valence-electron chi connectivity index (χ2n) is 6.34. The van der Waals surface area contributed by atoms with E-state index in [0.29, 0.717) is 28.4 Å². The average Bonchev–Trinajstić information content (AvgIpc) is 2.67. The lowest BCUT2D eigenvalue weighted by atomic mass is 10.1. The van der Waals surface area contributed by atoms with Crippen LogP contribution in [-0.2, 0) is 4.79 Å². The van der Waals surface area contributed by atoms with Gasteiger partial charge in [0.05, 0.1) is 22.6 Å². The molecule has 2 heterocycles. The highest BCUT2D eigenvalue weighted by atomic mass is 79.9. The van der Waals surface area contributed by atoms with Crippen molar-refractivity contribution in [1.82, 2.24) is 4.98 Å². The highest BCUT2D eigenvalue weighted by Gasteiger charge is 2.17. The third-order valence-corrected chi connectivity index (χ3v) is 4.81. The highest BCUT2D eigenvalue weighted by molar-refractivity contribution is 9.10. The monoisotopic (exact) mass is 437 g/mol. The van der Waals surface area contributed by atoms with Gasteiger partial charge in [0.25, 0.3) is 11.8 Å². The standard InChI is InChI=1S/C21H16BrN3O3/c1-12-16(6-7-17(23-12)13-3-2-4-14(22)9-13)21(27)24-15-5-8-19-18(10-15)25-20(26)11-28-19/h2-10H,11H2,1H3,(H,24,27)(H,25,26). The van der Waals surface area contributed by atoms with Crippen LogP contribution >= 0.6 is 15.9 Å². The van der Waals surface area contributed by atoms with Crippen LogP contribution in [0, 0.1) is 6.92 Å². The van der Waals surface area contributed by atoms with Crippen molar-refractivity contribution >= 4 is 39.1 Å². The number of amides is 2. The maximum Gasteiger partial charge on any atom is 0.262 e. The number of hydrogen-bond acceptors (Lipinski definition) is 4. The van der Waals surface area contributed by atoms with Crippen LogP contribution < -0.4 is 15.4 Å². The van der Waals surface area contributed by atoms with E-state index in [2.05, 4.69) is 31.5 Å². The predicted molar refractivity (Wildman–Crippen MR) is 111 cm³/mol. The molecule has 1 aliphatic rings. The van der Waals surface area contributed by atoms with Gasteiger partial charge in [0, 0.05) is 15.7 Å². The van der Waals surface area contributed by atoms with Gasteiger partial charge in [0.15, 0.2) is 6.61 Å². The topological polar surface area (TPSA) is 80.3 Å². The van der Waals surface area contributed by atoms with Gasteiger partial charge >= 0.3 is 0 Å². The zero-order valence-corrected chi connectivity index (χ0v) is 16.5. The lowest BCUT2D eigenvalue weighted by Crippen LogP contribution is -2.25. The number of carbonyl (C=O) groups is 2. The summed E-state index contributed by atoms with van der Waals surface area (Å²) in [6.07, 6.45) is 0. The fraction of sp³-hybridized carbons (Fsp3) is 0.0952. The summed E-state index contributed by atoms with van der Waals surface area (Å²) in [6.45, 7) is 1.80. The van der Waals surface area contributed by atoms with Crippen molar-refractivity contribution in [3.63, 3.8) is 0 Å². The minimum absolute atomic E-state index is 0.00605. The summed E-state index contributed by atoms with van der Waals surface area (Å²) in [6, 6.07) is 16.5. The van der Waals surface area contributed by atoms with Gasteiger partial charge < -0.3 is 15.4 Å². The largest absolute Gasteiger partial charge is 0.482 e. The minimum atomic E-state index is -0.270. The molecule has 6 nitrogen and oxygen atoms in total. The van der Waals surface area contributed by atoms with Crippen LogP contribution in [0.25, 0.3) is 11.3 Å². The Hall–Kier alpha value is -3.19. The van der Waals surface area contributed by atoms with Gasteiger partial charge in [-0.2, -0.15) is 0 Å². The first kappa shape index (κ1) is 18.2. The molecule has 4 rings (SSSR count). The number of benzene rings is 2. The molecular weight excluding hydrogens is 422 g/mol. The number of fused-ring (bicyclic) bond motifs is 1. The van der Waals surface area contributed by atoms with Gasteiger partial charge in [-0.25, -0.2) is 0 Å². The molecule has 0 radical (unpaired) electrons. The first-order chi connectivity index (χ1) is 13.5. The Morgan fingerprint density at radius 3 is 2.82 bits per heavy atom. The predicted octanol–water partition coefficient (Wildman–Crippen LogP) is 4.40. The molecular formula is C21H16BrN3O3. The van der Waals surface area contributed by atoms with Crippen molar-refractivity contribution in [1.29, 1.82) is 0 Å². The Labute approximate surface area is 170 Å². The molecule has 28 heavy (non-hydrogen) atoms. The fourth-order valence-corrected chi connectivity index (χ4v) is 3.37. The van der Waals surface area contributed by atoms with Gasteiger partial charge in [-0.1, -0.05) is 28.1 Å². The zero-order chi connectivity index (χ0) is 19.7. The van der Waals surface area contributed by atoms with Crippen LogP contribution in [-0.4, -0.2) is 23.4 Å². The third kappa shape index (κ3) is 3.75. The van der Waals surface area contributed by atoms with Gasteiger partial charge in [0.1, 0.15) is 5.75 Å². The van der Waals surface area contributed by atoms with Crippen molar-refractivity contribution in [2.75, 3.05) is 17.2 Å².